The number of carbonyl (C=O) groups is 2. The molecule has 4 aliphatic heterocycles. The molecule has 4 saturated heterocycles. The lowest BCUT2D eigenvalue weighted by Crippen LogP contribution is -2.48. The zero-order valence-electron chi connectivity index (χ0n) is 45.8. The molecule has 2 unspecified atom stereocenters. The summed E-state index contributed by atoms with van der Waals surface area (Å²) >= 11 is 0. The summed E-state index contributed by atoms with van der Waals surface area (Å²) in [5.74, 6) is -6.03. The van der Waals surface area contributed by atoms with E-state index in [1.54, 1.807) is 13.0 Å². The van der Waals surface area contributed by atoms with E-state index in [2.05, 4.69) is 41.5 Å². The molecule has 7 aromatic rings. The Morgan fingerprint density at radius 1 is 0.892 bits per heavy atom. The van der Waals surface area contributed by atoms with Gasteiger partial charge in [0.25, 0.3) is 5.88 Å². The van der Waals surface area contributed by atoms with Crippen LogP contribution in [0.5, 0.6) is 17.6 Å². The number of phenols is 1. The molecule has 0 spiro atoms. The van der Waals surface area contributed by atoms with Gasteiger partial charge in [0.1, 0.15) is 47.2 Å². The van der Waals surface area contributed by atoms with Crippen LogP contribution in [0.15, 0.2) is 71.4 Å². The van der Waals surface area contributed by atoms with Gasteiger partial charge in [-0.05, 0) is 110 Å². The number of aromatic nitrogens is 4. The number of likely N-dealkylation sites (tertiary alicyclic amines) is 2. The van der Waals surface area contributed by atoms with Crippen molar-refractivity contribution in [1.29, 1.82) is 0 Å². The first-order valence-electron chi connectivity index (χ1n) is 27.9. The molecule has 6 atom stereocenters. The van der Waals surface area contributed by atoms with Crippen molar-refractivity contribution in [2.45, 2.75) is 83.0 Å². The number of carbonyl (C=O) groups excluding carboxylic acids is 2. The monoisotopic (exact) mass is 1150 g/mol. The van der Waals surface area contributed by atoms with Crippen LogP contribution in [-0.2, 0) is 9.59 Å². The number of rotatable bonds is 16. The van der Waals surface area contributed by atoms with E-state index in [1.807, 2.05) is 13.8 Å². The van der Waals surface area contributed by atoms with Crippen molar-refractivity contribution >= 4 is 39.3 Å². The fourth-order valence-corrected chi connectivity index (χ4v) is 12.1. The minimum Gasteiger partial charge on any atom is -0.508 e. The van der Waals surface area contributed by atoms with Gasteiger partial charge in [0.15, 0.2) is 34.8 Å². The van der Waals surface area contributed by atoms with E-state index in [0.717, 1.165) is 45.3 Å². The van der Waals surface area contributed by atoms with Gasteiger partial charge in [-0.25, -0.2) is 26.3 Å². The minimum atomic E-state index is -1.54. The molecule has 0 aliphatic carbocycles. The average molecular weight is 1150 g/mol. The number of hydrogen-bond acceptors (Lipinski definition) is 14. The number of β-amino-alcohol motifs (C(OH)–C–C–N with tert-alkyl or cyclic N) is 1. The summed E-state index contributed by atoms with van der Waals surface area (Å²) in [4.78, 5) is 47.8. The number of halogens is 6. The zero-order chi connectivity index (χ0) is 58.4. The molecular formula is C61H61F6N9O7. The van der Waals surface area contributed by atoms with Crippen LogP contribution in [0, 0.1) is 65.0 Å². The van der Waals surface area contributed by atoms with Crippen molar-refractivity contribution in [1.82, 2.24) is 40.5 Å². The van der Waals surface area contributed by atoms with Crippen molar-refractivity contribution in [3.8, 4) is 52.4 Å². The van der Waals surface area contributed by atoms with Crippen LogP contribution in [0.3, 0.4) is 0 Å². The first kappa shape index (κ1) is 56.8. The number of amides is 2. The first-order valence-corrected chi connectivity index (χ1v) is 27.9. The van der Waals surface area contributed by atoms with Gasteiger partial charge in [0, 0.05) is 67.9 Å². The first-order chi connectivity index (χ1) is 39.9. The zero-order valence-corrected chi connectivity index (χ0v) is 45.8. The van der Waals surface area contributed by atoms with Gasteiger partial charge in [-0.15, -0.1) is 6.42 Å². The Bertz CT molecular complexity index is 3620. The van der Waals surface area contributed by atoms with E-state index < -0.39 is 76.4 Å². The number of ether oxygens (including phenoxy) is 2. The van der Waals surface area contributed by atoms with E-state index in [1.165, 1.54) is 59.6 Å². The lowest BCUT2D eigenvalue weighted by molar-refractivity contribution is -0.141. The molecule has 4 aliphatic rings. The maximum absolute atomic E-state index is 17.1. The molecule has 4 aromatic carbocycles. The third-order valence-corrected chi connectivity index (χ3v) is 16.5. The fraction of sp³-hybridized carbons (Fsp3) is 0.410. The number of terminal acetylenes is 1. The van der Waals surface area contributed by atoms with E-state index in [0.29, 0.717) is 54.3 Å². The summed E-state index contributed by atoms with van der Waals surface area (Å²) in [6.45, 7) is 9.98. The Morgan fingerprint density at radius 3 is 2.39 bits per heavy atom. The molecule has 7 heterocycles. The second-order valence-corrected chi connectivity index (χ2v) is 22.4. The van der Waals surface area contributed by atoms with Gasteiger partial charge < -0.3 is 44.6 Å². The standard InChI is InChI=1S/C61H61F6N9O7/c1-5-41-44(62)11-10-37-21-39(77)22-42(51(37)41)56-55(67)57-43(27-69-56)58(75-17-14-34-20-38(28-75)68-26-34)72-61(71-57)81-19-18-74-15-12-33(13-16-74)30-82-49-25-48(83-73-49)50(31(2)3)60(80)76-29-40(78)23-47(76)59(79)70-32(4)35-6-8-36(9-7-35)52-53(65)45(63)24-46(64)54(52)66/h1,6-11,21-22,24-25,27,31-34,38,40,47,50,68,77-78H,12-20,23,26,28-30H2,2-4H3,(H,70,79)/t32-,34?,38?,40+,47-,50+/m0/s1. The number of phenolic OH excluding ortho intramolecular Hbond substituents is 1. The number of piperidine rings is 1. The molecule has 4 fully saturated rings. The predicted molar refractivity (Wildman–Crippen MR) is 295 cm³/mol. The van der Waals surface area contributed by atoms with Crippen LogP contribution in [0.1, 0.15) is 81.7 Å². The Morgan fingerprint density at radius 2 is 1.65 bits per heavy atom. The van der Waals surface area contributed by atoms with E-state index in [-0.39, 0.29) is 100 Å². The van der Waals surface area contributed by atoms with Crippen LogP contribution < -0.4 is 25.0 Å². The second kappa shape index (κ2) is 23.7. The molecule has 0 saturated carbocycles. The van der Waals surface area contributed by atoms with Crippen molar-refractivity contribution in [2.24, 2.45) is 17.8 Å². The van der Waals surface area contributed by atoms with Crippen LogP contribution in [-0.4, -0.2) is 129 Å². The summed E-state index contributed by atoms with van der Waals surface area (Å²) in [6, 6.07) is 11.1. The minimum absolute atomic E-state index is 0.0144. The third-order valence-electron chi connectivity index (χ3n) is 16.5. The summed E-state index contributed by atoms with van der Waals surface area (Å²) < 4.78 is 107. The van der Waals surface area contributed by atoms with Gasteiger partial charge in [-0.2, -0.15) is 9.97 Å². The van der Waals surface area contributed by atoms with Crippen molar-refractivity contribution in [3.05, 3.63) is 119 Å². The Kier molecular flexibility index (Phi) is 16.2. The second-order valence-electron chi connectivity index (χ2n) is 22.4. The number of aromatic hydroxyl groups is 1. The van der Waals surface area contributed by atoms with E-state index in [4.69, 9.17) is 25.4 Å². The predicted octanol–water partition coefficient (Wildman–Crippen LogP) is 8.96. The van der Waals surface area contributed by atoms with Crippen LogP contribution in [0.4, 0.5) is 32.2 Å². The molecule has 4 N–H and O–H groups in total. The average Bonchev–Trinajstić information content (AvgIpc) is 3.81. The highest BCUT2D eigenvalue weighted by Gasteiger charge is 2.44. The molecule has 16 nitrogen and oxygen atoms in total. The molecule has 2 bridgehead atoms. The molecule has 0 radical (unpaired) electrons. The number of benzene rings is 4. The molecule has 3 aromatic heterocycles. The Labute approximate surface area is 474 Å². The molecular weight excluding hydrogens is 1080 g/mol. The van der Waals surface area contributed by atoms with Crippen LogP contribution in [0.25, 0.3) is 44.1 Å². The van der Waals surface area contributed by atoms with Crippen molar-refractivity contribution in [2.75, 3.05) is 63.9 Å². The Hall–Kier alpha value is -8.00. The van der Waals surface area contributed by atoms with Crippen LogP contribution >= 0.6 is 0 Å². The highest BCUT2D eigenvalue weighted by molar-refractivity contribution is 6.03. The fourth-order valence-electron chi connectivity index (χ4n) is 12.1. The molecule has 83 heavy (non-hydrogen) atoms. The summed E-state index contributed by atoms with van der Waals surface area (Å²) in [6.07, 6.45) is 9.75. The number of pyridine rings is 1. The summed E-state index contributed by atoms with van der Waals surface area (Å²) in [5, 5.41) is 33.0. The number of fused-ring (bicyclic) bond motifs is 4. The SMILES string of the molecule is C#Cc1c(F)ccc2cc(O)cc(-c3ncc4c(N5CCC6CNC(C6)C5)nc(OCCN5CCC(COc6cc([C@H](C(=O)N7C[C@H](O)C[C@H]7C(=O)N[C@@H](C)c7ccc(-c8c(F)c(F)cc(F)c8F)cc7)C(C)C)on6)CC5)nc4c3F)c12. The number of anilines is 1. The molecule has 22 heteroatoms. The van der Waals surface area contributed by atoms with E-state index in [9.17, 15) is 37.4 Å². The third kappa shape index (κ3) is 11.6. The number of aliphatic hydroxyl groups excluding tert-OH is 1. The highest BCUT2D eigenvalue weighted by atomic mass is 19.2. The van der Waals surface area contributed by atoms with Gasteiger partial charge in [-0.3, -0.25) is 19.5 Å². The lowest BCUT2D eigenvalue weighted by atomic mass is 9.91. The smallest absolute Gasteiger partial charge is 0.319 e. The van der Waals surface area contributed by atoms with Gasteiger partial charge in [0.2, 0.25) is 11.8 Å². The van der Waals surface area contributed by atoms with Crippen LogP contribution in [0.2, 0.25) is 0 Å². The molecule has 11 rings (SSSR count). The summed E-state index contributed by atoms with van der Waals surface area (Å²) in [7, 11) is 0. The molecule has 434 valence electrons. The number of aliphatic hydroxyl groups is 1. The normalized spacial score (nSPS) is 20.2. The largest absolute Gasteiger partial charge is 0.508 e. The quantitative estimate of drug-likeness (QED) is 0.0407. The van der Waals surface area contributed by atoms with Crippen molar-refractivity contribution < 1.29 is 60.1 Å². The highest BCUT2D eigenvalue weighted by Crippen LogP contribution is 2.40. The lowest BCUT2D eigenvalue weighted by Gasteiger charge is -2.31. The maximum atomic E-state index is 17.1. The number of hydrogen-bond donors (Lipinski definition) is 4. The number of nitrogens with zero attached hydrogens (tertiary/aromatic N) is 7. The molecule has 2 amide bonds. The number of nitrogens with one attached hydrogen (secondary N) is 2. The topological polar surface area (TPSA) is 192 Å². The Balaban J connectivity index is 0.705. The van der Waals surface area contributed by atoms with Crippen molar-refractivity contribution in [3.63, 3.8) is 0 Å². The summed E-state index contributed by atoms with van der Waals surface area (Å²) in [5.41, 5.74) is -0.656. The van der Waals surface area contributed by atoms with E-state index >= 15 is 8.78 Å². The van der Waals surface area contributed by atoms with Gasteiger partial charge >= 0.3 is 6.01 Å². The maximum Gasteiger partial charge on any atom is 0.319 e. The van der Waals surface area contributed by atoms with Gasteiger partial charge in [0.05, 0.1) is 35.3 Å². The van der Waals surface area contributed by atoms with Gasteiger partial charge in [-0.1, -0.05) is 50.1 Å².